The second-order valence-electron chi connectivity index (χ2n) is 4.98. The Morgan fingerprint density at radius 1 is 1.47 bits per heavy atom. The molecule has 17 heavy (non-hydrogen) atoms. The van der Waals surface area contributed by atoms with Gasteiger partial charge in [0.15, 0.2) is 0 Å². The lowest BCUT2D eigenvalue weighted by atomic mass is 9.99. The van der Waals surface area contributed by atoms with Crippen LogP contribution in [0.3, 0.4) is 0 Å². The number of aliphatic hydroxyl groups excluding tert-OH is 1. The van der Waals surface area contributed by atoms with Crippen LogP contribution in [-0.4, -0.2) is 36.8 Å². The quantitative estimate of drug-likeness (QED) is 0.862. The van der Waals surface area contributed by atoms with E-state index in [9.17, 15) is 0 Å². The zero-order valence-electron chi connectivity index (χ0n) is 10.6. The standard InChI is InChI=1S/C14H21NO2/c1-11(9-16)10-17-14-5-3-4-12-6-7-15(2)8-13(12)14/h3-5,11,16H,6-10H2,1-2H3. The van der Waals surface area contributed by atoms with Crippen molar-refractivity contribution in [2.45, 2.75) is 19.9 Å². The van der Waals surface area contributed by atoms with E-state index in [1.165, 1.54) is 11.1 Å². The van der Waals surface area contributed by atoms with Gasteiger partial charge in [-0.2, -0.15) is 0 Å². The molecule has 0 aliphatic carbocycles. The Morgan fingerprint density at radius 2 is 2.29 bits per heavy atom. The van der Waals surface area contributed by atoms with Gasteiger partial charge < -0.3 is 14.7 Å². The normalized spacial score (nSPS) is 17.6. The Kier molecular flexibility index (Phi) is 4.02. The summed E-state index contributed by atoms with van der Waals surface area (Å²) < 4.78 is 5.82. The highest BCUT2D eigenvalue weighted by Gasteiger charge is 2.17. The van der Waals surface area contributed by atoms with E-state index in [0.717, 1.165) is 25.3 Å². The van der Waals surface area contributed by atoms with Crippen molar-refractivity contribution < 1.29 is 9.84 Å². The third-order valence-electron chi connectivity index (χ3n) is 3.26. The number of ether oxygens (including phenoxy) is 1. The van der Waals surface area contributed by atoms with Gasteiger partial charge in [0, 0.05) is 31.2 Å². The Hall–Kier alpha value is -1.06. The Labute approximate surface area is 103 Å². The molecule has 2 rings (SSSR count). The highest BCUT2D eigenvalue weighted by atomic mass is 16.5. The van der Waals surface area contributed by atoms with Crippen molar-refractivity contribution in [2.75, 3.05) is 26.8 Å². The lowest BCUT2D eigenvalue weighted by Crippen LogP contribution is -2.27. The molecule has 1 aromatic carbocycles. The summed E-state index contributed by atoms with van der Waals surface area (Å²) >= 11 is 0. The molecule has 3 heteroatoms. The summed E-state index contributed by atoms with van der Waals surface area (Å²) in [5, 5.41) is 9.01. The monoisotopic (exact) mass is 235 g/mol. The number of hydrogen-bond acceptors (Lipinski definition) is 3. The highest BCUT2D eigenvalue weighted by Crippen LogP contribution is 2.27. The van der Waals surface area contributed by atoms with Gasteiger partial charge in [-0.05, 0) is 25.1 Å². The van der Waals surface area contributed by atoms with Crippen LogP contribution in [0, 0.1) is 5.92 Å². The molecule has 1 aliphatic heterocycles. The molecule has 0 fully saturated rings. The summed E-state index contributed by atoms with van der Waals surface area (Å²) in [7, 11) is 2.13. The number of benzene rings is 1. The van der Waals surface area contributed by atoms with Crippen molar-refractivity contribution in [3.8, 4) is 5.75 Å². The maximum atomic E-state index is 9.01. The summed E-state index contributed by atoms with van der Waals surface area (Å²) in [6.07, 6.45) is 1.10. The molecular formula is C14H21NO2. The first kappa shape index (κ1) is 12.4. The zero-order valence-corrected chi connectivity index (χ0v) is 10.6. The fourth-order valence-electron chi connectivity index (χ4n) is 2.11. The van der Waals surface area contributed by atoms with Crippen molar-refractivity contribution in [3.05, 3.63) is 29.3 Å². The molecule has 1 heterocycles. The van der Waals surface area contributed by atoms with E-state index in [4.69, 9.17) is 9.84 Å². The predicted molar refractivity (Wildman–Crippen MR) is 68.2 cm³/mol. The van der Waals surface area contributed by atoms with E-state index < -0.39 is 0 Å². The summed E-state index contributed by atoms with van der Waals surface area (Å²) in [5.74, 6) is 1.17. The van der Waals surface area contributed by atoms with Crippen LogP contribution in [0.4, 0.5) is 0 Å². The van der Waals surface area contributed by atoms with Gasteiger partial charge in [-0.3, -0.25) is 0 Å². The van der Waals surface area contributed by atoms with Gasteiger partial charge in [0.1, 0.15) is 5.75 Å². The van der Waals surface area contributed by atoms with Gasteiger partial charge in [0.25, 0.3) is 0 Å². The maximum absolute atomic E-state index is 9.01. The SMILES string of the molecule is CC(CO)COc1cccc2c1CN(C)CC2. The van der Waals surface area contributed by atoms with Crippen LogP contribution in [0.1, 0.15) is 18.1 Å². The van der Waals surface area contributed by atoms with Crippen LogP contribution in [0.25, 0.3) is 0 Å². The molecule has 0 saturated heterocycles. The van der Waals surface area contributed by atoms with E-state index >= 15 is 0 Å². The van der Waals surface area contributed by atoms with E-state index in [0.29, 0.717) is 6.61 Å². The van der Waals surface area contributed by atoms with Crippen molar-refractivity contribution in [1.29, 1.82) is 0 Å². The van der Waals surface area contributed by atoms with Gasteiger partial charge in [0.2, 0.25) is 0 Å². The minimum atomic E-state index is 0.176. The Balaban J connectivity index is 2.12. The van der Waals surface area contributed by atoms with Gasteiger partial charge >= 0.3 is 0 Å². The molecule has 1 atom stereocenters. The van der Waals surface area contributed by atoms with Crippen LogP contribution < -0.4 is 4.74 Å². The van der Waals surface area contributed by atoms with Crippen LogP contribution in [0.15, 0.2) is 18.2 Å². The number of nitrogens with zero attached hydrogens (tertiary/aromatic N) is 1. The molecule has 0 aromatic heterocycles. The molecule has 3 nitrogen and oxygen atoms in total. The zero-order chi connectivity index (χ0) is 12.3. The fourth-order valence-corrected chi connectivity index (χ4v) is 2.11. The summed E-state index contributed by atoms with van der Waals surface area (Å²) in [4.78, 5) is 2.31. The number of aliphatic hydroxyl groups is 1. The second-order valence-corrected chi connectivity index (χ2v) is 4.98. The molecular weight excluding hydrogens is 214 g/mol. The average Bonchev–Trinajstić information content (AvgIpc) is 2.35. The minimum Gasteiger partial charge on any atom is -0.493 e. The number of likely N-dealkylation sites (N-methyl/N-ethyl adjacent to an activating group) is 1. The average molecular weight is 235 g/mol. The first-order valence-electron chi connectivity index (χ1n) is 6.23. The Bertz CT molecular complexity index is 378. The van der Waals surface area contributed by atoms with Crippen LogP contribution >= 0.6 is 0 Å². The fraction of sp³-hybridized carbons (Fsp3) is 0.571. The van der Waals surface area contributed by atoms with Crippen LogP contribution in [-0.2, 0) is 13.0 Å². The molecule has 94 valence electrons. The third-order valence-corrected chi connectivity index (χ3v) is 3.26. The molecule has 0 bridgehead atoms. The largest absolute Gasteiger partial charge is 0.493 e. The van der Waals surface area contributed by atoms with Crippen molar-refractivity contribution in [3.63, 3.8) is 0 Å². The lowest BCUT2D eigenvalue weighted by molar-refractivity contribution is 0.172. The number of hydrogen-bond donors (Lipinski definition) is 1. The molecule has 0 radical (unpaired) electrons. The molecule has 1 unspecified atom stereocenters. The van der Waals surface area contributed by atoms with Crippen molar-refractivity contribution >= 4 is 0 Å². The first-order valence-corrected chi connectivity index (χ1v) is 6.23. The topological polar surface area (TPSA) is 32.7 Å². The Morgan fingerprint density at radius 3 is 3.06 bits per heavy atom. The van der Waals surface area contributed by atoms with E-state index in [2.05, 4.69) is 24.1 Å². The van der Waals surface area contributed by atoms with E-state index in [1.54, 1.807) is 0 Å². The summed E-state index contributed by atoms with van der Waals surface area (Å²) in [6.45, 7) is 4.82. The number of fused-ring (bicyclic) bond motifs is 1. The maximum Gasteiger partial charge on any atom is 0.124 e. The predicted octanol–water partition coefficient (Wildman–Crippen LogP) is 1.68. The van der Waals surface area contributed by atoms with Crippen molar-refractivity contribution in [1.82, 2.24) is 4.90 Å². The van der Waals surface area contributed by atoms with Crippen LogP contribution in [0.2, 0.25) is 0 Å². The molecule has 0 amide bonds. The smallest absolute Gasteiger partial charge is 0.124 e. The minimum absolute atomic E-state index is 0.176. The van der Waals surface area contributed by atoms with E-state index in [1.807, 2.05) is 13.0 Å². The van der Waals surface area contributed by atoms with Gasteiger partial charge in [-0.25, -0.2) is 0 Å². The molecule has 1 N–H and O–H groups in total. The molecule has 1 aliphatic rings. The van der Waals surface area contributed by atoms with Gasteiger partial charge in [-0.1, -0.05) is 19.1 Å². The summed E-state index contributed by atoms with van der Waals surface area (Å²) in [6, 6.07) is 6.27. The second kappa shape index (κ2) is 5.52. The first-order chi connectivity index (χ1) is 8.20. The lowest BCUT2D eigenvalue weighted by Gasteiger charge is -2.27. The van der Waals surface area contributed by atoms with Gasteiger partial charge in [-0.15, -0.1) is 0 Å². The van der Waals surface area contributed by atoms with Crippen molar-refractivity contribution in [2.24, 2.45) is 5.92 Å². The third kappa shape index (κ3) is 2.99. The number of rotatable bonds is 4. The molecule has 0 saturated carbocycles. The molecule has 0 spiro atoms. The van der Waals surface area contributed by atoms with Crippen LogP contribution in [0.5, 0.6) is 5.75 Å². The molecule has 1 aromatic rings. The highest BCUT2D eigenvalue weighted by molar-refractivity contribution is 5.41. The summed E-state index contributed by atoms with van der Waals surface area (Å²) in [5.41, 5.74) is 2.71. The van der Waals surface area contributed by atoms with Gasteiger partial charge in [0.05, 0.1) is 6.61 Å². The van der Waals surface area contributed by atoms with E-state index in [-0.39, 0.29) is 12.5 Å².